The van der Waals surface area contributed by atoms with Gasteiger partial charge in [0.05, 0.1) is 0 Å². The molecule has 0 fully saturated rings. The highest BCUT2D eigenvalue weighted by atomic mass is 32.1. The maximum absolute atomic E-state index is 12.2. The van der Waals surface area contributed by atoms with Crippen LogP contribution in [0, 0.1) is 0 Å². The van der Waals surface area contributed by atoms with Crippen LogP contribution in [-0.2, 0) is 6.42 Å². The number of benzene rings is 1. The van der Waals surface area contributed by atoms with Gasteiger partial charge in [-0.15, -0.1) is 10.2 Å². The first-order chi connectivity index (χ1) is 10.6. The molecular formula is C16H22N4OS. The average Bonchev–Trinajstić information content (AvgIpc) is 2.95. The molecule has 0 aliphatic heterocycles. The number of hydrogen-bond donors (Lipinski definition) is 1. The van der Waals surface area contributed by atoms with Gasteiger partial charge in [-0.05, 0) is 30.7 Å². The van der Waals surface area contributed by atoms with Crippen LogP contribution in [0.25, 0.3) is 0 Å². The highest BCUT2D eigenvalue weighted by Crippen LogP contribution is 2.19. The minimum atomic E-state index is -0.151. The molecule has 1 N–H and O–H groups in total. The molecule has 0 aliphatic carbocycles. The Hall–Kier alpha value is -1.95. The average molecular weight is 318 g/mol. The second-order valence-electron chi connectivity index (χ2n) is 5.35. The lowest BCUT2D eigenvalue weighted by Gasteiger charge is -2.12. The first-order valence-electron chi connectivity index (χ1n) is 7.51. The minimum absolute atomic E-state index is 0.151. The van der Waals surface area contributed by atoms with Gasteiger partial charge in [0.2, 0.25) is 5.13 Å². The van der Waals surface area contributed by atoms with E-state index in [0.29, 0.717) is 10.7 Å². The number of anilines is 2. The van der Waals surface area contributed by atoms with E-state index in [1.807, 2.05) is 43.3 Å². The Morgan fingerprint density at radius 2 is 1.91 bits per heavy atom. The van der Waals surface area contributed by atoms with Crippen molar-refractivity contribution in [3.05, 3.63) is 34.8 Å². The number of carbonyl (C=O) groups is 1. The first-order valence-corrected chi connectivity index (χ1v) is 8.33. The summed E-state index contributed by atoms with van der Waals surface area (Å²) in [4.78, 5) is 14.2. The van der Waals surface area contributed by atoms with Crippen molar-refractivity contribution in [2.45, 2.75) is 32.6 Å². The number of unbranched alkanes of at least 4 members (excludes halogenated alkanes) is 2. The fraction of sp³-hybridized carbons (Fsp3) is 0.438. The number of aromatic nitrogens is 2. The van der Waals surface area contributed by atoms with Gasteiger partial charge in [-0.3, -0.25) is 10.1 Å². The smallest absolute Gasteiger partial charge is 0.257 e. The molecule has 22 heavy (non-hydrogen) atoms. The van der Waals surface area contributed by atoms with Gasteiger partial charge in [-0.2, -0.15) is 0 Å². The molecule has 1 heterocycles. The molecule has 0 aliphatic rings. The van der Waals surface area contributed by atoms with E-state index in [9.17, 15) is 4.79 Å². The summed E-state index contributed by atoms with van der Waals surface area (Å²) in [7, 11) is 3.94. The van der Waals surface area contributed by atoms with Gasteiger partial charge >= 0.3 is 0 Å². The van der Waals surface area contributed by atoms with Crippen LogP contribution in [0.1, 0.15) is 41.6 Å². The Morgan fingerprint density at radius 3 is 2.55 bits per heavy atom. The van der Waals surface area contributed by atoms with Crippen molar-refractivity contribution in [3.63, 3.8) is 0 Å². The second-order valence-corrected chi connectivity index (χ2v) is 6.42. The first kappa shape index (κ1) is 16.4. The van der Waals surface area contributed by atoms with Crippen molar-refractivity contribution in [1.82, 2.24) is 10.2 Å². The van der Waals surface area contributed by atoms with Gasteiger partial charge in [-0.25, -0.2) is 0 Å². The molecule has 0 bridgehead atoms. The zero-order valence-corrected chi connectivity index (χ0v) is 14.1. The predicted octanol–water partition coefficient (Wildman–Crippen LogP) is 3.59. The molecule has 118 valence electrons. The van der Waals surface area contributed by atoms with Crippen molar-refractivity contribution in [3.8, 4) is 0 Å². The molecule has 2 rings (SSSR count). The molecule has 0 atom stereocenters. The highest BCUT2D eigenvalue weighted by molar-refractivity contribution is 7.15. The van der Waals surface area contributed by atoms with Gasteiger partial charge in [0.15, 0.2) is 0 Å². The topological polar surface area (TPSA) is 58.1 Å². The van der Waals surface area contributed by atoms with E-state index < -0.39 is 0 Å². The second kappa shape index (κ2) is 7.89. The summed E-state index contributed by atoms with van der Waals surface area (Å²) >= 11 is 1.45. The lowest BCUT2D eigenvalue weighted by atomic mass is 10.2. The van der Waals surface area contributed by atoms with Gasteiger partial charge in [0.25, 0.3) is 5.91 Å². The Balaban J connectivity index is 1.94. The predicted molar refractivity (Wildman–Crippen MR) is 91.9 cm³/mol. The molecule has 5 nitrogen and oxygen atoms in total. The lowest BCUT2D eigenvalue weighted by Crippen LogP contribution is -2.13. The molecular weight excluding hydrogens is 296 g/mol. The van der Waals surface area contributed by atoms with E-state index >= 15 is 0 Å². The van der Waals surface area contributed by atoms with Crippen molar-refractivity contribution in [1.29, 1.82) is 0 Å². The van der Waals surface area contributed by atoms with E-state index in [0.717, 1.165) is 23.5 Å². The van der Waals surface area contributed by atoms with Crippen LogP contribution in [0.4, 0.5) is 10.8 Å². The van der Waals surface area contributed by atoms with Gasteiger partial charge in [0.1, 0.15) is 5.01 Å². The molecule has 1 amide bonds. The van der Waals surface area contributed by atoms with E-state index in [1.54, 1.807) is 0 Å². The number of rotatable bonds is 7. The normalized spacial score (nSPS) is 10.5. The fourth-order valence-corrected chi connectivity index (χ4v) is 2.79. The summed E-state index contributed by atoms with van der Waals surface area (Å²) in [6.45, 7) is 2.17. The van der Waals surface area contributed by atoms with E-state index in [2.05, 4.69) is 22.4 Å². The Kier molecular flexibility index (Phi) is 5.89. The number of hydrogen-bond acceptors (Lipinski definition) is 5. The van der Waals surface area contributed by atoms with Crippen molar-refractivity contribution < 1.29 is 4.79 Å². The maximum Gasteiger partial charge on any atom is 0.257 e. The third-order valence-electron chi connectivity index (χ3n) is 3.33. The quantitative estimate of drug-likeness (QED) is 0.793. The molecule has 0 saturated heterocycles. The Labute approximate surface area is 135 Å². The number of carbonyl (C=O) groups excluding carboxylic acids is 1. The zero-order chi connectivity index (χ0) is 15.9. The third-order valence-corrected chi connectivity index (χ3v) is 4.23. The van der Waals surface area contributed by atoms with Gasteiger partial charge < -0.3 is 4.90 Å². The van der Waals surface area contributed by atoms with Crippen LogP contribution in [0.2, 0.25) is 0 Å². The van der Waals surface area contributed by atoms with Crippen LogP contribution in [0.5, 0.6) is 0 Å². The van der Waals surface area contributed by atoms with Crippen molar-refractivity contribution in [2.75, 3.05) is 24.3 Å². The molecule has 0 spiro atoms. The molecule has 0 saturated carbocycles. The van der Waals surface area contributed by atoms with E-state index in [-0.39, 0.29) is 5.91 Å². The Bertz CT molecular complexity index is 607. The molecule has 0 radical (unpaired) electrons. The van der Waals surface area contributed by atoms with Crippen LogP contribution in [0.3, 0.4) is 0 Å². The number of nitrogens with one attached hydrogen (secondary N) is 1. The summed E-state index contributed by atoms with van der Waals surface area (Å²) in [5, 5.41) is 12.5. The summed E-state index contributed by atoms with van der Waals surface area (Å²) < 4.78 is 0. The third kappa shape index (κ3) is 4.53. The van der Waals surface area contributed by atoms with Crippen LogP contribution in [0.15, 0.2) is 24.3 Å². The van der Waals surface area contributed by atoms with Crippen LogP contribution >= 0.6 is 11.3 Å². The van der Waals surface area contributed by atoms with Crippen molar-refractivity contribution in [2.24, 2.45) is 0 Å². The number of nitrogens with zero attached hydrogens (tertiary/aromatic N) is 3. The fourth-order valence-electron chi connectivity index (χ4n) is 2.01. The zero-order valence-electron chi connectivity index (χ0n) is 13.3. The number of amides is 1. The molecule has 1 aromatic heterocycles. The standard InChI is InChI=1S/C16H22N4OS/c1-4-5-6-7-14-18-19-16(22-14)17-15(21)12-8-10-13(11-9-12)20(2)3/h8-11H,4-7H2,1-3H3,(H,17,19,21). The highest BCUT2D eigenvalue weighted by Gasteiger charge is 2.10. The molecule has 2 aromatic rings. The van der Waals surface area contributed by atoms with Crippen LogP contribution < -0.4 is 10.2 Å². The van der Waals surface area contributed by atoms with Crippen molar-refractivity contribution >= 4 is 28.1 Å². The van der Waals surface area contributed by atoms with Crippen LogP contribution in [-0.4, -0.2) is 30.2 Å². The van der Waals surface area contributed by atoms with Gasteiger partial charge in [0, 0.05) is 31.8 Å². The minimum Gasteiger partial charge on any atom is -0.378 e. The van der Waals surface area contributed by atoms with Gasteiger partial charge in [-0.1, -0.05) is 31.1 Å². The summed E-state index contributed by atoms with van der Waals surface area (Å²) in [5.74, 6) is -0.151. The Morgan fingerprint density at radius 1 is 1.18 bits per heavy atom. The largest absolute Gasteiger partial charge is 0.378 e. The molecule has 0 unspecified atom stereocenters. The van der Waals surface area contributed by atoms with E-state index in [1.165, 1.54) is 24.2 Å². The summed E-state index contributed by atoms with van der Waals surface area (Å²) in [5.41, 5.74) is 1.68. The molecule has 1 aromatic carbocycles. The number of aryl methyl sites for hydroxylation is 1. The SMILES string of the molecule is CCCCCc1nnc(NC(=O)c2ccc(N(C)C)cc2)s1. The summed E-state index contributed by atoms with van der Waals surface area (Å²) in [6.07, 6.45) is 4.43. The molecule has 6 heteroatoms. The monoisotopic (exact) mass is 318 g/mol. The lowest BCUT2D eigenvalue weighted by molar-refractivity contribution is 0.102. The maximum atomic E-state index is 12.2. The summed E-state index contributed by atoms with van der Waals surface area (Å²) in [6, 6.07) is 7.47. The van der Waals surface area contributed by atoms with E-state index in [4.69, 9.17) is 0 Å².